The van der Waals surface area contributed by atoms with Gasteiger partial charge in [0, 0.05) is 40.2 Å². The summed E-state index contributed by atoms with van der Waals surface area (Å²) in [5.74, 6) is -0.533. The first-order valence-corrected chi connectivity index (χ1v) is 6.28. The molecule has 0 aliphatic rings. The molecular weight excluding hydrogens is 267 g/mol. The van der Waals surface area contributed by atoms with Crippen LogP contribution in [0.25, 0.3) is 10.8 Å². The second kappa shape index (κ2) is 5.10. The van der Waals surface area contributed by atoms with Gasteiger partial charge in [-0.2, -0.15) is 5.26 Å². The highest BCUT2D eigenvalue weighted by Gasteiger charge is 2.06. The molecule has 0 bridgehead atoms. The number of nitriles is 1. The minimum Gasteiger partial charge on any atom is -0.398 e. The van der Waals surface area contributed by atoms with Crippen molar-refractivity contribution >= 4 is 27.8 Å². The van der Waals surface area contributed by atoms with Gasteiger partial charge in [-0.3, -0.25) is 4.98 Å². The van der Waals surface area contributed by atoms with E-state index in [-0.39, 0.29) is 5.56 Å². The van der Waals surface area contributed by atoms with E-state index in [1.807, 2.05) is 18.2 Å². The molecule has 0 fully saturated rings. The normalized spacial score (nSPS) is 10.3. The average Bonchev–Trinajstić information content (AvgIpc) is 2.52. The van der Waals surface area contributed by atoms with Crippen LogP contribution in [0.4, 0.5) is 21.5 Å². The van der Waals surface area contributed by atoms with E-state index in [1.54, 1.807) is 24.5 Å². The van der Waals surface area contributed by atoms with Gasteiger partial charge >= 0.3 is 0 Å². The Bertz CT molecular complexity index is 868. The summed E-state index contributed by atoms with van der Waals surface area (Å²) in [6.45, 7) is 0. The van der Waals surface area contributed by atoms with Gasteiger partial charge in [-0.05, 0) is 36.4 Å². The van der Waals surface area contributed by atoms with E-state index in [2.05, 4.69) is 10.3 Å². The van der Waals surface area contributed by atoms with Crippen LogP contribution in [0.3, 0.4) is 0 Å². The molecule has 21 heavy (non-hydrogen) atoms. The molecule has 0 atom stereocenters. The topological polar surface area (TPSA) is 74.7 Å². The molecule has 0 unspecified atom stereocenters. The number of nitrogen functional groups attached to an aromatic ring is 1. The van der Waals surface area contributed by atoms with Crippen molar-refractivity contribution in [3.8, 4) is 6.07 Å². The van der Waals surface area contributed by atoms with E-state index in [1.165, 1.54) is 12.1 Å². The fourth-order valence-electron chi connectivity index (χ4n) is 2.17. The van der Waals surface area contributed by atoms with Crippen LogP contribution in [0.5, 0.6) is 0 Å². The number of hydrogen-bond acceptors (Lipinski definition) is 4. The summed E-state index contributed by atoms with van der Waals surface area (Å²) in [6.07, 6.45) is 3.37. The predicted octanol–water partition coefficient (Wildman–Crippen LogP) is 3.57. The van der Waals surface area contributed by atoms with Crippen LogP contribution >= 0.6 is 0 Å². The Morgan fingerprint density at radius 1 is 1.14 bits per heavy atom. The lowest BCUT2D eigenvalue weighted by Crippen LogP contribution is -1.96. The van der Waals surface area contributed by atoms with Crippen LogP contribution in [0.1, 0.15) is 5.56 Å². The Morgan fingerprint density at radius 3 is 2.81 bits per heavy atom. The second-order valence-corrected chi connectivity index (χ2v) is 4.56. The number of nitrogens with two attached hydrogens (primary N) is 1. The molecule has 0 saturated carbocycles. The summed E-state index contributed by atoms with van der Waals surface area (Å²) in [7, 11) is 0. The molecule has 4 nitrogen and oxygen atoms in total. The number of fused-ring (bicyclic) bond motifs is 1. The molecule has 3 rings (SSSR count). The SMILES string of the molecule is N#Cc1cc(Nc2ccc(N)c3cnccc23)ccc1F. The summed E-state index contributed by atoms with van der Waals surface area (Å²) in [6, 6.07) is 11.6. The lowest BCUT2D eigenvalue weighted by atomic mass is 10.1. The maximum Gasteiger partial charge on any atom is 0.141 e. The summed E-state index contributed by atoms with van der Waals surface area (Å²) >= 11 is 0. The number of benzene rings is 2. The zero-order valence-corrected chi connectivity index (χ0v) is 11.0. The van der Waals surface area contributed by atoms with Crippen LogP contribution in [-0.4, -0.2) is 4.98 Å². The van der Waals surface area contributed by atoms with Crippen LogP contribution in [0, 0.1) is 17.1 Å². The minimum absolute atomic E-state index is 0.00131. The van der Waals surface area contributed by atoms with Gasteiger partial charge in [0.25, 0.3) is 0 Å². The lowest BCUT2D eigenvalue weighted by molar-refractivity contribution is 0.624. The quantitative estimate of drug-likeness (QED) is 0.703. The smallest absolute Gasteiger partial charge is 0.141 e. The van der Waals surface area contributed by atoms with E-state index < -0.39 is 5.82 Å². The van der Waals surface area contributed by atoms with Gasteiger partial charge in [-0.1, -0.05) is 0 Å². The Balaban J connectivity index is 2.07. The molecule has 0 saturated heterocycles. The first kappa shape index (κ1) is 12.9. The van der Waals surface area contributed by atoms with Crippen molar-refractivity contribution in [2.45, 2.75) is 0 Å². The van der Waals surface area contributed by atoms with Crippen molar-refractivity contribution in [3.05, 3.63) is 60.2 Å². The number of pyridine rings is 1. The number of nitrogens with zero attached hydrogens (tertiary/aromatic N) is 2. The average molecular weight is 278 g/mol. The molecule has 0 radical (unpaired) electrons. The highest BCUT2D eigenvalue weighted by atomic mass is 19.1. The van der Waals surface area contributed by atoms with E-state index >= 15 is 0 Å². The summed E-state index contributed by atoms with van der Waals surface area (Å²) in [5, 5.41) is 13.8. The van der Waals surface area contributed by atoms with Gasteiger partial charge in [-0.25, -0.2) is 4.39 Å². The molecule has 1 heterocycles. The highest BCUT2D eigenvalue weighted by molar-refractivity contribution is 6.01. The number of nitrogens with one attached hydrogen (secondary N) is 1. The molecule has 2 aromatic carbocycles. The lowest BCUT2D eigenvalue weighted by Gasteiger charge is -2.11. The minimum atomic E-state index is -0.533. The first-order valence-electron chi connectivity index (χ1n) is 6.28. The third kappa shape index (κ3) is 2.35. The third-order valence-corrected chi connectivity index (χ3v) is 3.22. The maximum absolute atomic E-state index is 13.3. The Morgan fingerprint density at radius 2 is 2.00 bits per heavy atom. The van der Waals surface area contributed by atoms with Crippen LogP contribution in [0.2, 0.25) is 0 Å². The molecule has 5 heteroatoms. The van der Waals surface area contributed by atoms with Crippen LogP contribution < -0.4 is 11.1 Å². The summed E-state index contributed by atoms with van der Waals surface area (Å²) < 4.78 is 13.3. The van der Waals surface area contributed by atoms with E-state index in [0.717, 1.165) is 16.5 Å². The zero-order valence-electron chi connectivity index (χ0n) is 11.0. The van der Waals surface area contributed by atoms with Gasteiger partial charge < -0.3 is 11.1 Å². The number of hydrogen-bond donors (Lipinski definition) is 2. The monoisotopic (exact) mass is 278 g/mol. The molecule has 0 amide bonds. The molecule has 0 aliphatic carbocycles. The Labute approximate surface area is 120 Å². The van der Waals surface area contributed by atoms with Gasteiger partial charge in [0.2, 0.25) is 0 Å². The molecule has 102 valence electrons. The Kier molecular flexibility index (Phi) is 3.13. The standard InChI is InChI=1S/C16H11FN4/c17-14-2-1-11(7-10(14)8-18)21-16-4-3-15(19)13-9-20-6-5-12(13)16/h1-7,9,21H,19H2. The number of aromatic nitrogens is 1. The molecular formula is C16H11FN4. The van der Waals surface area contributed by atoms with Gasteiger partial charge in [-0.15, -0.1) is 0 Å². The van der Waals surface area contributed by atoms with E-state index in [0.29, 0.717) is 11.4 Å². The van der Waals surface area contributed by atoms with Crippen molar-refractivity contribution in [2.24, 2.45) is 0 Å². The highest BCUT2D eigenvalue weighted by Crippen LogP contribution is 2.30. The number of rotatable bonds is 2. The van der Waals surface area contributed by atoms with Gasteiger partial charge in [0.05, 0.1) is 5.56 Å². The fraction of sp³-hybridized carbons (Fsp3) is 0. The maximum atomic E-state index is 13.3. The summed E-state index contributed by atoms with van der Waals surface area (Å²) in [4.78, 5) is 4.06. The molecule has 0 aliphatic heterocycles. The third-order valence-electron chi connectivity index (χ3n) is 3.22. The molecule has 1 aromatic heterocycles. The van der Waals surface area contributed by atoms with Crippen molar-refractivity contribution in [1.82, 2.24) is 4.98 Å². The van der Waals surface area contributed by atoms with E-state index in [4.69, 9.17) is 11.0 Å². The molecule has 0 spiro atoms. The Hall–Kier alpha value is -3.13. The van der Waals surface area contributed by atoms with Crippen LogP contribution in [0.15, 0.2) is 48.8 Å². The number of anilines is 3. The van der Waals surface area contributed by atoms with Gasteiger partial charge in [0.1, 0.15) is 11.9 Å². The number of halogens is 1. The van der Waals surface area contributed by atoms with Crippen molar-refractivity contribution in [3.63, 3.8) is 0 Å². The van der Waals surface area contributed by atoms with Crippen molar-refractivity contribution < 1.29 is 4.39 Å². The molecule has 3 N–H and O–H groups in total. The molecule has 3 aromatic rings. The first-order chi connectivity index (χ1) is 10.2. The van der Waals surface area contributed by atoms with E-state index in [9.17, 15) is 4.39 Å². The second-order valence-electron chi connectivity index (χ2n) is 4.56. The largest absolute Gasteiger partial charge is 0.398 e. The van der Waals surface area contributed by atoms with Crippen molar-refractivity contribution in [1.29, 1.82) is 5.26 Å². The fourth-order valence-corrected chi connectivity index (χ4v) is 2.17. The summed E-state index contributed by atoms with van der Waals surface area (Å²) in [5.41, 5.74) is 8.02. The van der Waals surface area contributed by atoms with Crippen LogP contribution in [-0.2, 0) is 0 Å². The zero-order chi connectivity index (χ0) is 14.8. The van der Waals surface area contributed by atoms with Gasteiger partial charge in [0.15, 0.2) is 0 Å². The predicted molar refractivity (Wildman–Crippen MR) is 80.6 cm³/mol. The van der Waals surface area contributed by atoms with Crippen molar-refractivity contribution in [2.75, 3.05) is 11.1 Å².